The molecule has 5 rings (SSSR count). The van der Waals surface area contributed by atoms with E-state index in [9.17, 15) is 14.4 Å². The van der Waals surface area contributed by atoms with Crippen LogP contribution in [-0.2, 0) is 19.1 Å². The summed E-state index contributed by atoms with van der Waals surface area (Å²) >= 11 is 0. The average molecular weight is 591 g/mol. The van der Waals surface area contributed by atoms with E-state index in [1.54, 1.807) is 0 Å². The van der Waals surface area contributed by atoms with E-state index in [-0.39, 0.29) is 17.4 Å². The summed E-state index contributed by atoms with van der Waals surface area (Å²) in [6.45, 7) is 21.1. The molecule has 0 aromatic carbocycles. The van der Waals surface area contributed by atoms with Gasteiger partial charge in [-0.1, -0.05) is 77.8 Å². The van der Waals surface area contributed by atoms with Crippen molar-refractivity contribution in [3.05, 3.63) is 36.0 Å². The Morgan fingerprint density at radius 3 is 2.21 bits per heavy atom. The topological polar surface area (TPSA) is 60.4 Å². The van der Waals surface area contributed by atoms with Gasteiger partial charge < -0.3 is 14.3 Å². The van der Waals surface area contributed by atoms with Gasteiger partial charge in [-0.15, -0.1) is 0 Å². The van der Waals surface area contributed by atoms with Crippen LogP contribution < -0.4 is 0 Å². The Morgan fingerprint density at radius 2 is 1.51 bits per heavy atom. The Balaban J connectivity index is 1.31. The van der Waals surface area contributed by atoms with Gasteiger partial charge in [-0.05, 0) is 116 Å². The zero-order chi connectivity index (χ0) is 31.2. The lowest BCUT2D eigenvalue weighted by molar-refractivity contribution is -0.119. The molecule has 0 aromatic rings. The molecule has 1 saturated heterocycles. The van der Waals surface area contributed by atoms with Crippen LogP contribution in [0.25, 0.3) is 0 Å². The molecule has 0 aromatic heterocycles. The van der Waals surface area contributed by atoms with Crippen molar-refractivity contribution in [1.29, 1.82) is 0 Å². The van der Waals surface area contributed by atoms with E-state index in [1.807, 2.05) is 0 Å². The van der Waals surface area contributed by atoms with Gasteiger partial charge in [-0.25, -0.2) is 0 Å². The lowest BCUT2D eigenvalue weighted by Crippen LogP contribution is -2.50. The van der Waals surface area contributed by atoms with Crippen LogP contribution in [-0.4, -0.2) is 31.1 Å². The minimum absolute atomic E-state index is 0.129. The molecule has 238 valence electrons. The van der Waals surface area contributed by atoms with E-state index in [2.05, 4.69) is 53.9 Å². The minimum Gasteiger partial charge on any atom is -0.373 e. The largest absolute Gasteiger partial charge is 0.373 e. The molecule has 1 aliphatic heterocycles. The number of hydrogen-bond donors (Lipinski definition) is 0. The molecule has 0 unspecified atom stereocenters. The number of hydrogen-bond acceptors (Lipinski definition) is 4. The maximum atomic E-state index is 12.5. The fraction of sp³-hybridized carbons (Fsp3) is 0.769. The summed E-state index contributed by atoms with van der Waals surface area (Å²) in [7, 11) is 0. The Labute approximate surface area is 261 Å². The van der Waals surface area contributed by atoms with Crippen LogP contribution in [0.3, 0.4) is 0 Å². The summed E-state index contributed by atoms with van der Waals surface area (Å²) in [4.78, 5) is 37.3. The molecule has 4 saturated carbocycles. The van der Waals surface area contributed by atoms with Gasteiger partial charge in [0.15, 0.2) is 0 Å². The number of carbonyl (C=O) groups is 3. The quantitative estimate of drug-likeness (QED) is 0.153. The SMILES string of the molecule is C=C1CC[C@@H]2[C@H](CCCC2(C)C)[C@@H]1C/C=C(/C=O)C[C@@H]1O[C@@H](C[C@H]2C(=C)CC[C@H]3C(C)(C)CCC[C@]23C)[C@@H](C=O)[C@@H]1C=O. The predicted molar refractivity (Wildman–Crippen MR) is 173 cm³/mol. The lowest BCUT2D eigenvalue weighted by Gasteiger charge is -2.58. The molecule has 43 heavy (non-hydrogen) atoms. The average Bonchev–Trinajstić information content (AvgIpc) is 3.28. The van der Waals surface area contributed by atoms with Crippen molar-refractivity contribution in [2.45, 2.75) is 130 Å². The van der Waals surface area contributed by atoms with Crippen molar-refractivity contribution in [2.24, 2.45) is 57.7 Å². The van der Waals surface area contributed by atoms with Crippen LogP contribution in [0.5, 0.6) is 0 Å². The summed E-state index contributed by atoms with van der Waals surface area (Å²) < 4.78 is 6.63. The third kappa shape index (κ3) is 6.08. The summed E-state index contributed by atoms with van der Waals surface area (Å²) in [5.74, 6) is 1.63. The summed E-state index contributed by atoms with van der Waals surface area (Å²) in [6.07, 6.45) is 18.0. The number of ether oxygens (including phenoxy) is 1. The molecule has 5 aliphatic rings. The first-order valence-corrected chi connectivity index (χ1v) is 17.4. The smallest absolute Gasteiger partial charge is 0.145 e. The molecule has 4 heteroatoms. The van der Waals surface area contributed by atoms with Crippen molar-refractivity contribution >= 4 is 18.9 Å². The summed E-state index contributed by atoms with van der Waals surface area (Å²) in [5.41, 5.74) is 4.08. The zero-order valence-corrected chi connectivity index (χ0v) is 27.7. The van der Waals surface area contributed by atoms with E-state index in [0.29, 0.717) is 46.5 Å². The molecular formula is C39H58O4. The van der Waals surface area contributed by atoms with Gasteiger partial charge in [0.25, 0.3) is 0 Å². The van der Waals surface area contributed by atoms with Crippen LogP contribution in [0.15, 0.2) is 36.0 Å². The maximum Gasteiger partial charge on any atom is 0.145 e. The Bertz CT molecular complexity index is 1130. The van der Waals surface area contributed by atoms with Crippen molar-refractivity contribution in [1.82, 2.24) is 0 Å². The van der Waals surface area contributed by atoms with Crippen LogP contribution in [0, 0.1) is 57.7 Å². The van der Waals surface area contributed by atoms with Crippen molar-refractivity contribution < 1.29 is 19.1 Å². The minimum atomic E-state index is -0.526. The van der Waals surface area contributed by atoms with Gasteiger partial charge in [0.2, 0.25) is 0 Å². The fourth-order valence-electron chi connectivity index (χ4n) is 11.3. The van der Waals surface area contributed by atoms with Gasteiger partial charge in [-0.3, -0.25) is 4.79 Å². The molecule has 0 N–H and O–H groups in total. The fourth-order valence-corrected chi connectivity index (χ4v) is 11.3. The second-order valence-corrected chi connectivity index (χ2v) is 16.8. The molecular weight excluding hydrogens is 532 g/mol. The Kier molecular flexibility index (Phi) is 9.49. The first-order chi connectivity index (χ1) is 20.4. The van der Waals surface area contributed by atoms with E-state index in [4.69, 9.17) is 4.74 Å². The summed E-state index contributed by atoms with van der Waals surface area (Å²) in [5, 5.41) is 0. The third-order valence-corrected chi connectivity index (χ3v) is 13.7. The highest BCUT2D eigenvalue weighted by atomic mass is 16.5. The number of rotatable bonds is 9. The highest BCUT2D eigenvalue weighted by Crippen LogP contribution is 2.62. The summed E-state index contributed by atoms with van der Waals surface area (Å²) in [6, 6.07) is 0. The molecule has 0 bridgehead atoms. The van der Waals surface area contributed by atoms with E-state index in [1.165, 1.54) is 62.5 Å². The Hall–Kier alpha value is -1.81. The van der Waals surface area contributed by atoms with Gasteiger partial charge in [0.05, 0.1) is 24.0 Å². The molecule has 0 spiro atoms. The molecule has 1 heterocycles. The lowest BCUT2D eigenvalue weighted by atomic mass is 9.47. The van der Waals surface area contributed by atoms with Crippen LogP contribution in [0.4, 0.5) is 0 Å². The normalized spacial score (nSPS) is 42.5. The van der Waals surface area contributed by atoms with E-state index >= 15 is 0 Å². The highest BCUT2D eigenvalue weighted by molar-refractivity contribution is 5.74. The second kappa shape index (κ2) is 12.5. The molecule has 5 fully saturated rings. The first-order valence-electron chi connectivity index (χ1n) is 17.4. The number of aldehydes is 3. The number of fused-ring (bicyclic) bond motifs is 2. The van der Waals surface area contributed by atoms with Gasteiger partial charge in [-0.2, -0.15) is 0 Å². The van der Waals surface area contributed by atoms with Crippen LogP contribution >= 0.6 is 0 Å². The molecule has 10 atom stereocenters. The van der Waals surface area contributed by atoms with Gasteiger partial charge in [0.1, 0.15) is 18.9 Å². The van der Waals surface area contributed by atoms with Gasteiger partial charge in [0, 0.05) is 6.42 Å². The zero-order valence-electron chi connectivity index (χ0n) is 27.7. The molecule has 0 radical (unpaired) electrons. The molecule has 4 nitrogen and oxygen atoms in total. The van der Waals surface area contributed by atoms with E-state index in [0.717, 1.165) is 44.5 Å². The standard InChI is InChI=1S/C39H58O4/c1-25-11-15-32-29(10-8-17-37(32,3)4)28(25)14-13-27(22-40)20-34-30(23-41)31(24-42)35(43-34)21-33-26(2)12-16-36-38(5,6)18-9-19-39(33,36)7/h13,22-24,28-36H,1-2,8-12,14-21H2,3-7H3/b27-13+/t28-,29-,30+,31+,32-,33+,34+,35+,36+,39-/m1/s1. The second-order valence-electron chi connectivity index (χ2n) is 16.8. The van der Waals surface area contributed by atoms with Gasteiger partial charge >= 0.3 is 0 Å². The highest BCUT2D eigenvalue weighted by Gasteiger charge is 2.55. The van der Waals surface area contributed by atoms with Crippen molar-refractivity contribution in [3.63, 3.8) is 0 Å². The Morgan fingerprint density at radius 1 is 0.837 bits per heavy atom. The van der Waals surface area contributed by atoms with E-state index < -0.39 is 17.9 Å². The molecule has 4 aliphatic carbocycles. The van der Waals surface area contributed by atoms with Crippen molar-refractivity contribution in [3.8, 4) is 0 Å². The van der Waals surface area contributed by atoms with Crippen LogP contribution in [0.2, 0.25) is 0 Å². The maximum absolute atomic E-state index is 12.5. The number of carbonyl (C=O) groups excluding carboxylic acids is 3. The van der Waals surface area contributed by atoms with Crippen LogP contribution in [0.1, 0.15) is 118 Å². The predicted octanol–water partition coefficient (Wildman–Crippen LogP) is 8.89. The first kappa shape index (κ1) is 32.6. The third-order valence-electron chi connectivity index (χ3n) is 13.7. The monoisotopic (exact) mass is 590 g/mol. The molecule has 0 amide bonds. The number of allylic oxidation sites excluding steroid dienone is 3. The van der Waals surface area contributed by atoms with Crippen molar-refractivity contribution in [2.75, 3.05) is 0 Å².